The lowest BCUT2D eigenvalue weighted by molar-refractivity contribution is -0.116. The predicted octanol–water partition coefficient (Wildman–Crippen LogP) is 2.55. The van der Waals surface area contributed by atoms with E-state index in [9.17, 15) is 10.1 Å². The number of nitrogens with one attached hydrogen (secondary N) is 3. The first-order chi connectivity index (χ1) is 11.7. The number of aromatic nitrogens is 2. The zero-order valence-corrected chi connectivity index (χ0v) is 13.0. The van der Waals surface area contributed by atoms with Crippen LogP contribution in [0.3, 0.4) is 0 Å². The lowest BCUT2D eigenvalue weighted by atomic mass is 10.0. The van der Waals surface area contributed by atoms with Gasteiger partial charge in [-0.15, -0.1) is 0 Å². The molecule has 1 amide bonds. The van der Waals surface area contributed by atoms with E-state index in [1.807, 2.05) is 18.2 Å². The zero-order chi connectivity index (χ0) is 16.5. The van der Waals surface area contributed by atoms with E-state index in [1.165, 1.54) is 6.20 Å². The summed E-state index contributed by atoms with van der Waals surface area (Å²) in [5.41, 5.74) is 3.14. The molecular formula is C17H16N6O. The average Bonchev–Trinajstić information content (AvgIpc) is 3.39. The van der Waals surface area contributed by atoms with Crippen LogP contribution in [0.4, 0.5) is 23.1 Å². The molecular weight excluding hydrogens is 304 g/mol. The van der Waals surface area contributed by atoms with Crippen LogP contribution in [0.15, 0.2) is 24.4 Å². The second-order valence-electron chi connectivity index (χ2n) is 6.03. The summed E-state index contributed by atoms with van der Waals surface area (Å²) in [5, 5.41) is 18.5. The molecule has 1 aliphatic carbocycles. The van der Waals surface area contributed by atoms with Crippen molar-refractivity contribution < 1.29 is 4.79 Å². The molecule has 7 nitrogen and oxygen atoms in total. The number of hydrogen-bond acceptors (Lipinski definition) is 6. The van der Waals surface area contributed by atoms with E-state index in [0.29, 0.717) is 36.2 Å². The molecule has 24 heavy (non-hydrogen) atoms. The van der Waals surface area contributed by atoms with E-state index in [1.54, 1.807) is 0 Å². The first-order valence-electron chi connectivity index (χ1n) is 7.95. The van der Waals surface area contributed by atoms with E-state index >= 15 is 0 Å². The van der Waals surface area contributed by atoms with Crippen LogP contribution in [0.5, 0.6) is 0 Å². The fourth-order valence-corrected chi connectivity index (χ4v) is 2.64. The Bertz CT molecular complexity index is 853. The fourth-order valence-electron chi connectivity index (χ4n) is 2.64. The molecule has 3 N–H and O–H groups in total. The van der Waals surface area contributed by atoms with Gasteiger partial charge in [0.1, 0.15) is 11.6 Å². The molecule has 0 unspecified atom stereocenters. The lowest BCUT2D eigenvalue weighted by Gasteiger charge is -2.18. The van der Waals surface area contributed by atoms with Gasteiger partial charge in [0, 0.05) is 23.8 Å². The standard InChI is InChI=1S/C17H16N6O/c18-8-11-9-19-17(21-12-2-3-12)23-16(11)20-13-4-5-14-10(7-13)1-6-15(24)22-14/h4-5,7,9,12H,1-3,6H2,(H,22,24)(H2,19,20,21,23). The summed E-state index contributed by atoms with van der Waals surface area (Å²) in [6.07, 6.45) is 4.98. The molecule has 2 heterocycles. The number of carbonyl (C=O) groups is 1. The van der Waals surface area contributed by atoms with Crippen LogP contribution in [-0.4, -0.2) is 21.9 Å². The number of rotatable bonds is 4. The highest BCUT2D eigenvalue weighted by atomic mass is 16.1. The zero-order valence-electron chi connectivity index (χ0n) is 13.0. The molecule has 2 aromatic rings. The smallest absolute Gasteiger partial charge is 0.224 e. The van der Waals surface area contributed by atoms with Crippen molar-refractivity contribution >= 4 is 29.0 Å². The van der Waals surface area contributed by atoms with E-state index in [-0.39, 0.29) is 5.91 Å². The highest BCUT2D eigenvalue weighted by molar-refractivity contribution is 5.94. The number of hydrogen-bond donors (Lipinski definition) is 3. The maximum Gasteiger partial charge on any atom is 0.224 e. The molecule has 1 aromatic carbocycles. The molecule has 4 rings (SSSR count). The van der Waals surface area contributed by atoms with Crippen molar-refractivity contribution in [2.45, 2.75) is 31.7 Å². The minimum absolute atomic E-state index is 0.0431. The Labute approximate surface area is 139 Å². The number of amides is 1. The first kappa shape index (κ1) is 14.5. The number of anilines is 4. The number of nitrogens with zero attached hydrogens (tertiary/aromatic N) is 3. The van der Waals surface area contributed by atoms with Crippen molar-refractivity contribution in [3.05, 3.63) is 35.5 Å². The van der Waals surface area contributed by atoms with E-state index < -0.39 is 0 Å². The molecule has 1 aromatic heterocycles. The normalized spacial score (nSPS) is 15.9. The molecule has 0 radical (unpaired) electrons. The SMILES string of the molecule is N#Cc1cnc(NC2CC2)nc1Nc1ccc2c(c1)CCC(=O)N2. The molecule has 0 atom stereocenters. The monoisotopic (exact) mass is 320 g/mol. The van der Waals surface area contributed by atoms with E-state index in [0.717, 1.165) is 29.8 Å². The summed E-state index contributed by atoms with van der Waals surface area (Å²) in [6.45, 7) is 0. The first-order valence-corrected chi connectivity index (χ1v) is 7.95. The summed E-state index contributed by atoms with van der Waals surface area (Å²) < 4.78 is 0. The Kier molecular flexibility index (Phi) is 3.50. The second-order valence-corrected chi connectivity index (χ2v) is 6.03. The van der Waals surface area contributed by atoms with Crippen molar-refractivity contribution in [3.8, 4) is 6.07 Å². The summed E-state index contributed by atoms with van der Waals surface area (Å²) >= 11 is 0. The number of fused-ring (bicyclic) bond motifs is 1. The van der Waals surface area contributed by atoms with Gasteiger partial charge in [0.25, 0.3) is 0 Å². The van der Waals surface area contributed by atoms with E-state index in [4.69, 9.17) is 0 Å². The van der Waals surface area contributed by atoms with Gasteiger partial charge in [-0.1, -0.05) is 0 Å². The maximum absolute atomic E-state index is 11.4. The number of nitriles is 1. The Morgan fingerprint density at radius 3 is 2.96 bits per heavy atom. The third-order valence-corrected chi connectivity index (χ3v) is 4.08. The maximum atomic E-state index is 11.4. The van der Waals surface area contributed by atoms with Crippen molar-refractivity contribution in [1.29, 1.82) is 5.26 Å². The third-order valence-electron chi connectivity index (χ3n) is 4.08. The highest BCUT2D eigenvalue weighted by Crippen LogP contribution is 2.28. The average molecular weight is 320 g/mol. The summed E-state index contributed by atoms with van der Waals surface area (Å²) in [4.78, 5) is 20.0. The molecule has 0 spiro atoms. The Hall–Kier alpha value is -3.14. The summed E-state index contributed by atoms with van der Waals surface area (Å²) in [6, 6.07) is 8.26. The van der Waals surface area contributed by atoms with E-state index in [2.05, 4.69) is 32.0 Å². The van der Waals surface area contributed by atoms with Crippen molar-refractivity contribution in [2.24, 2.45) is 0 Å². The van der Waals surface area contributed by atoms with Crippen LogP contribution in [0.25, 0.3) is 0 Å². The minimum atomic E-state index is 0.0431. The van der Waals surface area contributed by atoms with Crippen LogP contribution in [0, 0.1) is 11.3 Å². The molecule has 7 heteroatoms. The van der Waals surface area contributed by atoms with Gasteiger partial charge in [0.05, 0.1) is 6.20 Å². The largest absolute Gasteiger partial charge is 0.351 e. The van der Waals surface area contributed by atoms with Gasteiger partial charge >= 0.3 is 0 Å². The number of carbonyl (C=O) groups excluding carboxylic acids is 1. The topological polar surface area (TPSA) is 103 Å². The van der Waals surface area contributed by atoms with Crippen LogP contribution in [0.1, 0.15) is 30.4 Å². The molecule has 120 valence electrons. The molecule has 0 bridgehead atoms. The van der Waals surface area contributed by atoms with Gasteiger partial charge in [-0.05, 0) is 43.0 Å². The minimum Gasteiger partial charge on any atom is -0.351 e. The van der Waals surface area contributed by atoms with Gasteiger partial charge in [-0.3, -0.25) is 4.79 Å². The van der Waals surface area contributed by atoms with Crippen LogP contribution < -0.4 is 16.0 Å². The molecule has 1 saturated carbocycles. The quantitative estimate of drug-likeness (QED) is 0.800. The van der Waals surface area contributed by atoms with Crippen molar-refractivity contribution in [2.75, 3.05) is 16.0 Å². The Morgan fingerprint density at radius 2 is 2.17 bits per heavy atom. The highest BCUT2D eigenvalue weighted by Gasteiger charge is 2.22. The van der Waals surface area contributed by atoms with Crippen molar-refractivity contribution in [1.82, 2.24) is 9.97 Å². The van der Waals surface area contributed by atoms with Crippen LogP contribution >= 0.6 is 0 Å². The second kappa shape index (κ2) is 5.81. The molecule has 0 saturated heterocycles. The fraction of sp³-hybridized carbons (Fsp3) is 0.294. The Morgan fingerprint density at radius 1 is 1.29 bits per heavy atom. The molecule has 2 aliphatic rings. The third kappa shape index (κ3) is 2.99. The van der Waals surface area contributed by atoms with Crippen LogP contribution in [-0.2, 0) is 11.2 Å². The summed E-state index contributed by atoms with van der Waals surface area (Å²) in [7, 11) is 0. The van der Waals surface area contributed by atoms with Gasteiger partial charge in [-0.2, -0.15) is 10.2 Å². The molecule has 1 fully saturated rings. The van der Waals surface area contributed by atoms with Crippen molar-refractivity contribution in [3.63, 3.8) is 0 Å². The molecule has 1 aliphatic heterocycles. The summed E-state index contributed by atoms with van der Waals surface area (Å²) in [5.74, 6) is 1.06. The van der Waals surface area contributed by atoms with Crippen LogP contribution in [0.2, 0.25) is 0 Å². The number of aryl methyl sites for hydroxylation is 1. The van der Waals surface area contributed by atoms with Gasteiger partial charge in [-0.25, -0.2) is 4.98 Å². The van der Waals surface area contributed by atoms with Gasteiger partial charge < -0.3 is 16.0 Å². The number of benzene rings is 1. The van der Waals surface area contributed by atoms with Gasteiger partial charge in [0.15, 0.2) is 5.82 Å². The Balaban J connectivity index is 1.60. The van der Waals surface area contributed by atoms with Gasteiger partial charge in [0.2, 0.25) is 11.9 Å². The lowest BCUT2D eigenvalue weighted by Crippen LogP contribution is -2.18. The predicted molar refractivity (Wildman–Crippen MR) is 90.1 cm³/mol.